The normalized spacial score (nSPS) is 12.2. The molecular formula is C24H34O4Si. The summed E-state index contributed by atoms with van der Waals surface area (Å²) in [6.45, 7) is 13.4. The summed E-state index contributed by atoms with van der Waals surface area (Å²) in [5, 5.41) is 0.154. The summed E-state index contributed by atoms with van der Waals surface area (Å²) in [4.78, 5) is 0. The quantitative estimate of drug-likeness (QED) is 0.379. The average Bonchev–Trinajstić information content (AvgIpc) is 2.66. The molecular weight excluding hydrogens is 380 g/mol. The molecule has 0 spiro atoms. The van der Waals surface area contributed by atoms with Gasteiger partial charge in [-0.15, -0.1) is 0 Å². The van der Waals surface area contributed by atoms with Crippen molar-refractivity contribution in [1.82, 2.24) is 0 Å². The molecule has 4 nitrogen and oxygen atoms in total. The number of aryl methyl sites for hydroxylation is 1. The average molecular weight is 415 g/mol. The van der Waals surface area contributed by atoms with E-state index in [2.05, 4.69) is 65.1 Å². The fourth-order valence-electron chi connectivity index (χ4n) is 2.65. The molecule has 0 amide bonds. The second-order valence-electron chi connectivity index (χ2n) is 8.68. The van der Waals surface area contributed by atoms with Crippen molar-refractivity contribution in [2.24, 2.45) is 0 Å². The smallest absolute Gasteiger partial charge is 0.250 e. The predicted octanol–water partition coefficient (Wildman–Crippen LogP) is 6.58. The highest BCUT2D eigenvalue weighted by Gasteiger charge is 2.39. The largest absolute Gasteiger partial charge is 0.543 e. The zero-order valence-electron chi connectivity index (χ0n) is 19.2. The van der Waals surface area contributed by atoms with Crippen LogP contribution in [0.1, 0.15) is 37.5 Å². The molecule has 0 saturated heterocycles. The third-order valence-electron chi connectivity index (χ3n) is 5.54. The molecule has 158 valence electrons. The Bertz CT molecular complexity index is 854. The number of hydrogen-bond donors (Lipinski definition) is 0. The Morgan fingerprint density at radius 2 is 1.28 bits per heavy atom. The highest BCUT2D eigenvalue weighted by molar-refractivity contribution is 6.74. The van der Waals surface area contributed by atoms with Crippen LogP contribution in [0.15, 0.2) is 30.3 Å². The first-order valence-corrected chi connectivity index (χ1v) is 12.7. The minimum Gasteiger partial charge on any atom is -0.543 e. The van der Waals surface area contributed by atoms with Crippen molar-refractivity contribution in [3.63, 3.8) is 0 Å². The minimum absolute atomic E-state index is 0.154. The summed E-state index contributed by atoms with van der Waals surface area (Å²) in [5.41, 5.74) is 3.20. The van der Waals surface area contributed by atoms with Crippen LogP contribution in [0, 0.1) is 6.92 Å². The van der Waals surface area contributed by atoms with Crippen molar-refractivity contribution in [1.29, 1.82) is 0 Å². The Morgan fingerprint density at radius 3 is 1.76 bits per heavy atom. The van der Waals surface area contributed by atoms with Gasteiger partial charge in [0.05, 0.1) is 21.3 Å². The molecule has 0 aromatic heterocycles. The summed E-state index contributed by atoms with van der Waals surface area (Å²) < 4.78 is 22.8. The van der Waals surface area contributed by atoms with Crippen LogP contribution in [0.25, 0.3) is 12.2 Å². The standard InChI is InChI=1S/C24H34O4Si/c1-17-10-11-18(14-20(17)28-29(8,9)24(2,3)4)12-13-19-15-21(25-5)23(27-7)22(16-19)26-6/h10-16H,1-9H3. The van der Waals surface area contributed by atoms with Gasteiger partial charge in [0.15, 0.2) is 11.5 Å². The van der Waals surface area contributed by atoms with Crippen LogP contribution in [-0.2, 0) is 0 Å². The SMILES string of the molecule is COc1cc(C=Cc2ccc(C)c(O[Si](C)(C)C(C)(C)C)c2)cc(OC)c1OC. The first-order valence-electron chi connectivity index (χ1n) is 9.80. The zero-order chi connectivity index (χ0) is 21.8. The van der Waals surface area contributed by atoms with Gasteiger partial charge in [-0.1, -0.05) is 45.1 Å². The van der Waals surface area contributed by atoms with E-state index >= 15 is 0 Å². The molecule has 0 saturated carbocycles. The lowest BCUT2D eigenvalue weighted by molar-refractivity contribution is 0.324. The molecule has 0 aliphatic carbocycles. The van der Waals surface area contributed by atoms with E-state index in [1.54, 1.807) is 21.3 Å². The van der Waals surface area contributed by atoms with Crippen LogP contribution >= 0.6 is 0 Å². The van der Waals surface area contributed by atoms with Crippen LogP contribution in [0.3, 0.4) is 0 Å². The third kappa shape index (κ3) is 5.35. The molecule has 0 N–H and O–H groups in total. The van der Waals surface area contributed by atoms with E-state index < -0.39 is 8.32 Å². The maximum absolute atomic E-state index is 6.54. The Labute approximate surface area is 176 Å². The molecule has 29 heavy (non-hydrogen) atoms. The van der Waals surface area contributed by atoms with Gasteiger partial charge in [-0.25, -0.2) is 0 Å². The summed E-state index contributed by atoms with van der Waals surface area (Å²) in [7, 11) is 2.95. The Hall–Kier alpha value is -2.40. The minimum atomic E-state index is -1.89. The second kappa shape index (κ2) is 8.95. The molecule has 5 heteroatoms. The lowest BCUT2D eigenvalue weighted by atomic mass is 10.1. The highest BCUT2D eigenvalue weighted by atomic mass is 28.4. The lowest BCUT2D eigenvalue weighted by Crippen LogP contribution is -2.44. The van der Waals surface area contributed by atoms with Gasteiger partial charge in [0.2, 0.25) is 14.1 Å². The summed E-state index contributed by atoms with van der Waals surface area (Å²) in [6.07, 6.45) is 4.10. The molecule has 2 aromatic rings. The van der Waals surface area contributed by atoms with E-state index in [0.717, 1.165) is 22.4 Å². The molecule has 0 radical (unpaired) electrons. The van der Waals surface area contributed by atoms with Crippen molar-refractivity contribution in [3.8, 4) is 23.0 Å². The van der Waals surface area contributed by atoms with Gasteiger partial charge in [-0.3, -0.25) is 0 Å². The van der Waals surface area contributed by atoms with E-state index in [9.17, 15) is 0 Å². The predicted molar refractivity (Wildman–Crippen MR) is 124 cm³/mol. The first kappa shape index (κ1) is 22.9. The Balaban J connectivity index is 2.35. The summed E-state index contributed by atoms with van der Waals surface area (Å²) >= 11 is 0. The van der Waals surface area contributed by atoms with E-state index in [-0.39, 0.29) is 5.04 Å². The molecule has 2 rings (SSSR count). The molecule has 0 atom stereocenters. The monoisotopic (exact) mass is 414 g/mol. The second-order valence-corrected chi connectivity index (χ2v) is 13.4. The third-order valence-corrected chi connectivity index (χ3v) is 9.88. The summed E-state index contributed by atoms with van der Waals surface area (Å²) in [5.74, 6) is 2.82. The van der Waals surface area contributed by atoms with Gasteiger partial charge in [-0.2, -0.15) is 0 Å². The maximum atomic E-state index is 6.54. The number of rotatable bonds is 7. The zero-order valence-corrected chi connectivity index (χ0v) is 20.2. The Morgan fingerprint density at radius 1 is 0.759 bits per heavy atom. The van der Waals surface area contributed by atoms with E-state index in [1.807, 2.05) is 18.2 Å². The van der Waals surface area contributed by atoms with Crippen LogP contribution in [-0.4, -0.2) is 29.6 Å². The van der Waals surface area contributed by atoms with Crippen molar-refractivity contribution in [3.05, 3.63) is 47.0 Å². The first-order chi connectivity index (χ1) is 13.5. The molecule has 0 fully saturated rings. The number of ether oxygens (including phenoxy) is 3. The van der Waals surface area contributed by atoms with Crippen molar-refractivity contribution in [2.45, 2.75) is 45.8 Å². The van der Waals surface area contributed by atoms with Gasteiger partial charge in [0.1, 0.15) is 5.75 Å². The van der Waals surface area contributed by atoms with Gasteiger partial charge in [-0.05, 0) is 59.9 Å². The van der Waals surface area contributed by atoms with Crippen LogP contribution in [0.4, 0.5) is 0 Å². The molecule has 0 heterocycles. The van der Waals surface area contributed by atoms with E-state index in [1.165, 1.54) is 0 Å². The van der Waals surface area contributed by atoms with Gasteiger partial charge in [0.25, 0.3) is 0 Å². The lowest BCUT2D eigenvalue weighted by Gasteiger charge is -2.37. The Kier molecular flexibility index (Phi) is 7.06. The fourth-order valence-corrected chi connectivity index (χ4v) is 3.72. The topological polar surface area (TPSA) is 36.9 Å². The van der Waals surface area contributed by atoms with Crippen molar-refractivity contribution in [2.75, 3.05) is 21.3 Å². The van der Waals surface area contributed by atoms with Crippen LogP contribution in [0.2, 0.25) is 18.1 Å². The van der Waals surface area contributed by atoms with Gasteiger partial charge < -0.3 is 18.6 Å². The van der Waals surface area contributed by atoms with Gasteiger partial charge >= 0.3 is 0 Å². The number of benzene rings is 2. The van der Waals surface area contributed by atoms with Gasteiger partial charge in [0, 0.05) is 0 Å². The summed E-state index contributed by atoms with van der Waals surface area (Å²) in [6, 6.07) is 10.2. The van der Waals surface area contributed by atoms with Crippen LogP contribution in [0.5, 0.6) is 23.0 Å². The molecule has 2 aromatic carbocycles. The van der Waals surface area contributed by atoms with Crippen LogP contribution < -0.4 is 18.6 Å². The van der Waals surface area contributed by atoms with Crippen molar-refractivity contribution >= 4 is 20.5 Å². The molecule has 0 unspecified atom stereocenters. The number of hydrogen-bond acceptors (Lipinski definition) is 4. The molecule has 0 bridgehead atoms. The fraction of sp³-hybridized carbons (Fsp3) is 0.417. The molecule has 0 aliphatic rings. The maximum Gasteiger partial charge on any atom is 0.250 e. The molecule has 0 aliphatic heterocycles. The number of methoxy groups -OCH3 is 3. The highest BCUT2D eigenvalue weighted by Crippen LogP contribution is 2.40. The van der Waals surface area contributed by atoms with E-state index in [0.29, 0.717) is 17.2 Å². The van der Waals surface area contributed by atoms with Crippen molar-refractivity contribution < 1.29 is 18.6 Å². The van der Waals surface area contributed by atoms with E-state index in [4.69, 9.17) is 18.6 Å².